The lowest BCUT2D eigenvalue weighted by atomic mass is 9.89. The SMILES string of the molecule is CCC(CC)N(C)CCC1CC2CCC(C1)N2. The van der Waals surface area contributed by atoms with E-state index < -0.39 is 0 Å². The van der Waals surface area contributed by atoms with Crippen LogP contribution in [0.2, 0.25) is 0 Å². The van der Waals surface area contributed by atoms with E-state index in [0.717, 1.165) is 24.0 Å². The molecule has 1 N–H and O–H groups in total. The minimum Gasteiger partial charge on any atom is -0.311 e. The van der Waals surface area contributed by atoms with Crippen molar-refractivity contribution in [3.8, 4) is 0 Å². The lowest BCUT2D eigenvalue weighted by Crippen LogP contribution is -2.39. The number of nitrogens with one attached hydrogen (secondary N) is 1. The van der Waals surface area contributed by atoms with Crippen molar-refractivity contribution in [3.63, 3.8) is 0 Å². The van der Waals surface area contributed by atoms with Gasteiger partial charge in [0.2, 0.25) is 0 Å². The van der Waals surface area contributed by atoms with Crippen LogP contribution in [0, 0.1) is 5.92 Å². The van der Waals surface area contributed by atoms with Crippen molar-refractivity contribution >= 4 is 0 Å². The molecule has 0 saturated carbocycles. The topological polar surface area (TPSA) is 15.3 Å². The standard InChI is InChI=1S/C15H30N2/c1-4-15(5-2)17(3)9-8-12-10-13-6-7-14(11-12)16-13/h12-16H,4-11H2,1-3H3. The molecule has 0 aromatic heterocycles. The summed E-state index contributed by atoms with van der Waals surface area (Å²) in [4.78, 5) is 2.59. The van der Waals surface area contributed by atoms with Crippen LogP contribution in [0.1, 0.15) is 58.8 Å². The highest BCUT2D eigenvalue weighted by molar-refractivity contribution is 4.92. The zero-order chi connectivity index (χ0) is 12.3. The Balaban J connectivity index is 1.71. The highest BCUT2D eigenvalue weighted by atomic mass is 15.1. The Bertz CT molecular complexity index is 213. The second kappa shape index (κ2) is 6.19. The van der Waals surface area contributed by atoms with Gasteiger partial charge in [0.25, 0.3) is 0 Å². The van der Waals surface area contributed by atoms with Gasteiger partial charge in [-0.25, -0.2) is 0 Å². The first-order chi connectivity index (χ1) is 8.22. The fraction of sp³-hybridized carbons (Fsp3) is 1.00. The highest BCUT2D eigenvalue weighted by Crippen LogP contribution is 2.32. The Labute approximate surface area is 107 Å². The zero-order valence-corrected chi connectivity index (χ0v) is 11.9. The van der Waals surface area contributed by atoms with Crippen LogP contribution < -0.4 is 5.32 Å². The molecular formula is C15H30N2. The van der Waals surface area contributed by atoms with Crippen molar-refractivity contribution in [1.29, 1.82) is 0 Å². The normalized spacial score (nSPS) is 32.6. The lowest BCUT2D eigenvalue weighted by molar-refractivity contribution is 0.193. The number of hydrogen-bond donors (Lipinski definition) is 1. The average Bonchev–Trinajstić information content (AvgIpc) is 2.67. The molecule has 2 aliphatic heterocycles. The van der Waals surface area contributed by atoms with Crippen LogP contribution in [0.3, 0.4) is 0 Å². The third kappa shape index (κ3) is 3.45. The Hall–Kier alpha value is -0.0800. The van der Waals surface area contributed by atoms with E-state index >= 15 is 0 Å². The van der Waals surface area contributed by atoms with Gasteiger partial charge in [0.15, 0.2) is 0 Å². The molecule has 17 heavy (non-hydrogen) atoms. The van der Waals surface area contributed by atoms with Gasteiger partial charge in [-0.15, -0.1) is 0 Å². The minimum atomic E-state index is 0.799. The fourth-order valence-electron chi connectivity index (χ4n) is 3.89. The number of nitrogens with zero attached hydrogens (tertiary/aromatic N) is 1. The molecule has 2 heterocycles. The first-order valence-corrected chi connectivity index (χ1v) is 7.69. The summed E-state index contributed by atoms with van der Waals surface area (Å²) in [6, 6.07) is 2.52. The van der Waals surface area contributed by atoms with Gasteiger partial charge >= 0.3 is 0 Å². The maximum absolute atomic E-state index is 3.74. The molecule has 2 bridgehead atoms. The molecule has 0 aromatic carbocycles. The number of hydrogen-bond acceptors (Lipinski definition) is 2. The second-order valence-corrected chi connectivity index (χ2v) is 6.21. The smallest absolute Gasteiger partial charge is 0.00869 e. The molecular weight excluding hydrogens is 208 g/mol. The molecule has 2 fully saturated rings. The van der Waals surface area contributed by atoms with Crippen molar-refractivity contribution in [1.82, 2.24) is 10.2 Å². The second-order valence-electron chi connectivity index (χ2n) is 6.21. The van der Waals surface area contributed by atoms with Crippen molar-refractivity contribution < 1.29 is 0 Å². The van der Waals surface area contributed by atoms with Crippen LogP contribution in [-0.4, -0.2) is 36.6 Å². The Morgan fingerprint density at radius 2 is 1.71 bits per heavy atom. The number of rotatable bonds is 6. The first-order valence-electron chi connectivity index (χ1n) is 7.69. The third-order valence-electron chi connectivity index (χ3n) is 5.03. The van der Waals surface area contributed by atoms with Crippen molar-refractivity contribution in [2.24, 2.45) is 5.92 Å². The minimum absolute atomic E-state index is 0.799. The zero-order valence-electron chi connectivity index (χ0n) is 11.9. The molecule has 100 valence electrons. The summed E-state index contributed by atoms with van der Waals surface area (Å²) in [5.74, 6) is 0.991. The van der Waals surface area contributed by atoms with Gasteiger partial charge in [-0.3, -0.25) is 0 Å². The van der Waals surface area contributed by atoms with Gasteiger partial charge in [0.1, 0.15) is 0 Å². The molecule has 0 radical (unpaired) electrons. The van der Waals surface area contributed by atoms with Crippen molar-refractivity contribution in [2.45, 2.75) is 76.9 Å². The molecule has 2 unspecified atom stereocenters. The summed E-state index contributed by atoms with van der Waals surface area (Å²) >= 11 is 0. The van der Waals surface area contributed by atoms with Crippen LogP contribution in [0.5, 0.6) is 0 Å². The van der Waals surface area contributed by atoms with Gasteiger partial charge in [-0.2, -0.15) is 0 Å². The molecule has 2 rings (SSSR count). The molecule has 2 heteroatoms. The van der Waals surface area contributed by atoms with Crippen molar-refractivity contribution in [3.05, 3.63) is 0 Å². The predicted molar refractivity (Wildman–Crippen MR) is 74.3 cm³/mol. The first kappa shape index (κ1) is 13.4. The molecule has 2 aliphatic rings. The summed E-state index contributed by atoms with van der Waals surface area (Å²) in [7, 11) is 2.31. The monoisotopic (exact) mass is 238 g/mol. The Morgan fingerprint density at radius 1 is 1.12 bits per heavy atom. The van der Waals surface area contributed by atoms with Gasteiger partial charge in [0.05, 0.1) is 0 Å². The molecule has 2 atom stereocenters. The molecule has 0 amide bonds. The maximum atomic E-state index is 3.74. The van der Waals surface area contributed by atoms with Gasteiger partial charge in [-0.1, -0.05) is 13.8 Å². The van der Waals surface area contributed by atoms with E-state index in [4.69, 9.17) is 0 Å². The van der Waals surface area contributed by atoms with Crippen molar-refractivity contribution in [2.75, 3.05) is 13.6 Å². The van der Waals surface area contributed by atoms with E-state index in [0.29, 0.717) is 0 Å². The van der Waals surface area contributed by atoms with Gasteiger partial charge in [-0.05, 0) is 64.5 Å². The van der Waals surface area contributed by atoms with E-state index in [-0.39, 0.29) is 0 Å². The van der Waals surface area contributed by atoms with Crippen LogP contribution in [0.15, 0.2) is 0 Å². The lowest BCUT2D eigenvalue weighted by Gasteiger charge is -2.32. The van der Waals surface area contributed by atoms with Crippen LogP contribution in [0.25, 0.3) is 0 Å². The average molecular weight is 238 g/mol. The van der Waals surface area contributed by atoms with Gasteiger partial charge < -0.3 is 10.2 Å². The number of piperidine rings is 1. The summed E-state index contributed by atoms with van der Waals surface area (Å²) < 4.78 is 0. The van der Waals surface area contributed by atoms with Crippen LogP contribution >= 0.6 is 0 Å². The summed E-state index contributed by atoms with van der Waals surface area (Å²) in [5, 5.41) is 3.74. The van der Waals surface area contributed by atoms with E-state index in [9.17, 15) is 0 Å². The molecule has 2 saturated heterocycles. The molecule has 2 nitrogen and oxygen atoms in total. The quantitative estimate of drug-likeness (QED) is 0.765. The highest BCUT2D eigenvalue weighted by Gasteiger charge is 2.33. The molecule has 0 aromatic rings. The maximum Gasteiger partial charge on any atom is 0.00869 e. The third-order valence-corrected chi connectivity index (χ3v) is 5.03. The van der Waals surface area contributed by atoms with E-state index in [2.05, 4.69) is 31.1 Å². The van der Waals surface area contributed by atoms with E-state index in [1.807, 2.05) is 0 Å². The van der Waals surface area contributed by atoms with Crippen LogP contribution in [-0.2, 0) is 0 Å². The molecule has 0 spiro atoms. The largest absolute Gasteiger partial charge is 0.311 e. The van der Waals surface area contributed by atoms with Gasteiger partial charge in [0, 0.05) is 18.1 Å². The summed E-state index contributed by atoms with van der Waals surface area (Å²) in [6.07, 6.45) is 9.75. The summed E-state index contributed by atoms with van der Waals surface area (Å²) in [5.41, 5.74) is 0. The predicted octanol–water partition coefficient (Wildman–Crippen LogP) is 3.03. The summed E-state index contributed by atoms with van der Waals surface area (Å²) in [6.45, 7) is 5.93. The molecule has 0 aliphatic carbocycles. The Kier molecular flexibility index (Phi) is 4.87. The Morgan fingerprint density at radius 3 is 2.24 bits per heavy atom. The van der Waals surface area contributed by atoms with E-state index in [1.165, 1.54) is 51.5 Å². The van der Waals surface area contributed by atoms with E-state index in [1.54, 1.807) is 0 Å². The number of fused-ring (bicyclic) bond motifs is 2. The van der Waals surface area contributed by atoms with Crippen LogP contribution in [0.4, 0.5) is 0 Å². The fourth-order valence-corrected chi connectivity index (χ4v) is 3.89.